The van der Waals surface area contributed by atoms with Crippen LogP contribution in [0.5, 0.6) is 0 Å². The zero-order valence-electron chi connectivity index (χ0n) is 12.7. The first-order valence-corrected chi connectivity index (χ1v) is 7.72. The van der Waals surface area contributed by atoms with Crippen molar-refractivity contribution in [3.05, 3.63) is 29.8 Å². The average molecular weight is 277 g/mol. The van der Waals surface area contributed by atoms with Crippen LogP contribution >= 0.6 is 0 Å². The number of benzene rings is 1. The second-order valence-corrected chi connectivity index (χ2v) is 5.76. The first-order valence-electron chi connectivity index (χ1n) is 7.72. The van der Waals surface area contributed by atoms with Gasteiger partial charge in [-0.05, 0) is 36.5 Å². The maximum Gasteiger partial charge on any atom is 0.0718 e. The van der Waals surface area contributed by atoms with Crippen LogP contribution in [0.1, 0.15) is 38.2 Å². The van der Waals surface area contributed by atoms with Gasteiger partial charge in [0.15, 0.2) is 0 Å². The van der Waals surface area contributed by atoms with Crippen LogP contribution in [0, 0.1) is 5.92 Å². The number of hydrogen-bond acceptors (Lipinski definition) is 3. The molecular weight excluding hydrogens is 250 g/mol. The summed E-state index contributed by atoms with van der Waals surface area (Å²) in [6.45, 7) is 4.30. The van der Waals surface area contributed by atoms with Crippen LogP contribution in [-0.2, 0) is 16.1 Å². The second-order valence-electron chi connectivity index (χ2n) is 5.76. The monoisotopic (exact) mass is 277 g/mol. The van der Waals surface area contributed by atoms with Crippen molar-refractivity contribution in [2.24, 2.45) is 5.92 Å². The zero-order valence-corrected chi connectivity index (χ0v) is 12.7. The number of hydrogen-bond donors (Lipinski definition) is 1. The Bertz CT molecular complexity index is 394. The van der Waals surface area contributed by atoms with Gasteiger partial charge in [-0.1, -0.05) is 31.9 Å². The molecule has 0 spiro atoms. The van der Waals surface area contributed by atoms with E-state index < -0.39 is 0 Å². The van der Waals surface area contributed by atoms with Crippen LogP contribution in [0.25, 0.3) is 0 Å². The molecule has 3 heteroatoms. The number of ether oxygens (including phenoxy) is 2. The average Bonchev–Trinajstić information content (AvgIpc) is 2.47. The zero-order chi connectivity index (χ0) is 14.2. The van der Waals surface area contributed by atoms with E-state index in [1.807, 2.05) is 0 Å². The molecule has 0 radical (unpaired) electrons. The Hall–Kier alpha value is -1.06. The second kappa shape index (κ2) is 8.28. The third-order valence-corrected chi connectivity index (χ3v) is 4.09. The van der Waals surface area contributed by atoms with E-state index >= 15 is 0 Å². The van der Waals surface area contributed by atoms with Crippen LogP contribution in [0.15, 0.2) is 24.3 Å². The Balaban J connectivity index is 1.85. The summed E-state index contributed by atoms with van der Waals surface area (Å²) in [5.74, 6) is 0.769. The van der Waals surface area contributed by atoms with Gasteiger partial charge in [0, 0.05) is 18.8 Å². The lowest BCUT2D eigenvalue weighted by molar-refractivity contribution is 0.0617. The molecule has 112 valence electrons. The molecule has 0 saturated heterocycles. The molecule has 1 N–H and O–H groups in total. The van der Waals surface area contributed by atoms with Crippen LogP contribution in [0.2, 0.25) is 0 Å². The fourth-order valence-corrected chi connectivity index (χ4v) is 2.83. The van der Waals surface area contributed by atoms with Crippen molar-refractivity contribution in [2.75, 3.05) is 25.6 Å². The predicted molar refractivity (Wildman–Crippen MR) is 83.0 cm³/mol. The van der Waals surface area contributed by atoms with Gasteiger partial charge in [-0.3, -0.25) is 0 Å². The molecule has 0 aromatic heterocycles. The number of anilines is 1. The van der Waals surface area contributed by atoms with E-state index in [1.54, 1.807) is 7.11 Å². The molecule has 0 heterocycles. The van der Waals surface area contributed by atoms with Crippen molar-refractivity contribution in [2.45, 2.75) is 45.3 Å². The minimum atomic E-state index is 0.619. The van der Waals surface area contributed by atoms with E-state index in [4.69, 9.17) is 9.47 Å². The van der Waals surface area contributed by atoms with Gasteiger partial charge in [0.25, 0.3) is 0 Å². The van der Waals surface area contributed by atoms with Gasteiger partial charge in [-0.2, -0.15) is 0 Å². The molecule has 2 atom stereocenters. The van der Waals surface area contributed by atoms with Gasteiger partial charge in [-0.15, -0.1) is 0 Å². The smallest absolute Gasteiger partial charge is 0.0718 e. The standard InChI is InChI=1S/C17H27NO2/c1-14-6-3-4-9-17(14)18-16-8-5-7-15(12-16)13-20-11-10-19-2/h5,7-8,12,14,17-18H,3-4,6,9-11,13H2,1-2H3. The molecule has 20 heavy (non-hydrogen) atoms. The molecule has 2 rings (SSSR count). The SMILES string of the molecule is COCCOCc1cccc(NC2CCCCC2C)c1. The molecule has 1 saturated carbocycles. The van der Waals surface area contributed by atoms with Crippen molar-refractivity contribution in [3.63, 3.8) is 0 Å². The van der Waals surface area contributed by atoms with Crippen molar-refractivity contribution < 1.29 is 9.47 Å². The molecule has 1 aromatic rings. The quantitative estimate of drug-likeness (QED) is 0.768. The van der Waals surface area contributed by atoms with E-state index in [0.29, 0.717) is 25.9 Å². The van der Waals surface area contributed by atoms with Crippen LogP contribution in [0.4, 0.5) is 5.69 Å². The van der Waals surface area contributed by atoms with Gasteiger partial charge < -0.3 is 14.8 Å². The predicted octanol–water partition coefficient (Wildman–Crippen LogP) is 3.84. The summed E-state index contributed by atoms with van der Waals surface area (Å²) in [5.41, 5.74) is 2.44. The van der Waals surface area contributed by atoms with Crippen molar-refractivity contribution in [3.8, 4) is 0 Å². The molecule has 0 aliphatic heterocycles. The van der Waals surface area contributed by atoms with E-state index in [9.17, 15) is 0 Å². The molecule has 1 fully saturated rings. The third kappa shape index (κ3) is 4.80. The van der Waals surface area contributed by atoms with Crippen LogP contribution in [0.3, 0.4) is 0 Å². The number of nitrogens with one attached hydrogen (secondary N) is 1. The third-order valence-electron chi connectivity index (χ3n) is 4.09. The Morgan fingerprint density at radius 2 is 2.05 bits per heavy atom. The summed E-state index contributed by atoms with van der Waals surface area (Å²) in [5, 5.41) is 3.69. The van der Waals surface area contributed by atoms with Gasteiger partial charge in [0.1, 0.15) is 0 Å². The van der Waals surface area contributed by atoms with Crippen molar-refractivity contribution in [1.82, 2.24) is 0 Å². The molecule has 1 aliphatic rings. The fourth-order valence-electron chi connectivity index (χ4n) is 2.83. The number of rotatable bonds is 7. The summed E-state index contributed by atoms with van der Waals surface area (Å²) in [7, 11) is 1.69. The number of methoxy groups -OCH3 is 1. The topological polar surface area (TPSA) is 30.5 Å². The summed E-state index contributed by atoms with van der Waals surface area (Å²) in [6.07, 6.45) is 5.36. The van der Waals surface area contributed by atoms with Crippen LogP contribution < -0.4 is 5.32 Å². The van der Waals surface area contributed by atoms with Gasteiger partial charge in [0.05, 0.1) is 19.8 Å². The normalized spacial score (nSPS) is 22.7. The van der Waals surface area contributed by atoms with E-state index in [1.165, 1.54) is 36.9 Å². The Kier molecular flexibility index (Phi) is 6.34. The first kappa shape index (κ1) is 15.3. The van der Waals surface area contributed by atoms with Crippen molar-refractivity contribution in [1.29, 1.82) is 0 Å². The molecule has 1 aromatic carbocycles. The Labute approximate surface area is 122 Å². The van der Waals surface area contributed by atoms with E-state index in [0.717, 1.165) is 5.92 Å². The molecule has 0 amide bonds. The van der Waals surface area contributed by atoms with Gasteiger partial charge in [0.2, 0.25) is 0 Å². The highest BCUT2D eigenvalue weighted by molar-refractivity contribution is 5.46. The molecule has 3 nitrogen and oxygen atoms in total. The highest BCUT2D eigenvalue weighted by Gasteiger charge is 2.20. The molecular formula is C17H27NO2. The lowest BCUT2D eigenvalue weighted by Crippen LogP contribution is -2.30. The fraction of sp³-hybridized carbons (Fsp3) is 0.647. The summed E-state index contributed by atoms with van der Waals surface area (Å²) >= 11 is 0. The maximum atomic E-state index is 5.57. The highest BCUT2D eigenvalue weighted by atomic mass is 16.5. The summed E-state index contributed by atoms with van der Waals surface area (Å²) in [4.78, 5) is 0. The molecule has 0 bridgehead atoms. The van der Waals surface area contributed by atoms with E-state index in [2.05, 4.69) is 36.5 Å². The first-order chi connectivity index (χ1) is 9.79. The van der Waals surface area contributed by atoms with Crippen LogP contribution in [-0.4, -0.2) is 26.4 Å². The van der Waals surface area contributed by atoms with Crippen molar-refractivity contribution >= 4 is 5.69 Å². The highest BCUT2D eigenvalue weighted by Crippen LogP contribution is 2.27. The van der Waals surface area contributed by atoms with Gasteiger partial charge in [-0.25, -0.2) is 0 Å². The molecule has 2 unspecified atom stereocenters. The van der Waals surface area contributed by atoms with E-state index in [-0.39, 0.29) is 0 Å². The van der Waals surface area contributed by atoms with Gasteiger partial charge >= 0.3 is 0 Å². The lowest BCUT2D eigenvalue weighted by Gasteiger charge is -2.30. The largest absolute Gasteiger partial charge is 0.382 e. The summed E-state index contributed by atoms with van der Waals surface area (Å²) < 4.78 is 10.6. The summed E-state index contributed by atoms with van der Waals surface area (Å²) in [6, 6.07) is 9.19. The molecule has 1 aliphatic carbocycles. The maximum absolute atomic E-state index is 5.57. The minimum absolute atomic E-state index is 0.619. The minimum Gasteiger partial charge on any atom is -0.382 e. The Morgan fingerprint density at radius 3 is 2.85 bits per heavy atom. The lowest BCUT2D eigenvalue weighted by atomic mass is 9.86. The Morgan fingerprint density at radius 1 is 1.20 bits per heavy atom.